The zero-order valence-electron chi connectivity index (χ0n) is 19.6. The molecule has 0 radical (unpaired) electrons. The van der Waals surface area contributed by atoms with E-state index in [0.717, 1.165) is 73.5 Å². The summed E-state index contributed by atoms with van der Waals surface area (Å²) in [4.78, 5) is 13.1. The molecule has 5 rings (SSSR count). The second-order valence-corrected chi connectivity index (χ2v) is 10.1. The van der Waals surface area contributed by atoms with Gasteiger partial charge in [-0.3, -0.25) is 4.79 Å². The highest BCUT2D eigenvalue weighted by Crippen LogP contribution is 2.58. The first-order valence-electron chi connectivity index (χ1n) is 12.2. The molecule has 3 atom stereocenters. The molecule has 2 aliphatic heterocycles. The van der Waals surface area contributed by atoms with Crippen LogP contribution in [-0.2, 0) is 24.4 Å². The van der Waals surface area contributed by atoms with Gasteiger partial charge in [0.25, 0.3) is 0 Å². The summed E-state index contributed by atoms with van der Waals surface area (Å²) in [5, 5.41) is 10.8. The van der Waals surface area contributed by atoms with Gasteiger partial charge in [-0.25, -0.2) is 0 Å². The van der Waals surface area contributed by atoms with Crippen LogP contribution in [0, 0.1) is 5.41 Å². The van der Waals surface area contributed by atoms with Gasteiger partial charge in [-0.2, -0.15) is 0 Å². The maximum absolute atomic E-state index is 13.1. The number of carboxylic acid groups (broad SMARTS) is 1. The van der Waals surface area contributed by atoms with E-state index in [1.807, 2.05) is 32.1 Å². The molecule has 1 N–H and O–H groups in total. The van der Waals surface area contributed by atoms with E-state index in [2.05, 4.69) is 12.1 Å². The van der Waals surface area contributed by atoms with Crippen molar-refractivity contribution in [3.05, 3.63) is 52.8 Å². The van der Waals surface area contributed by atoms with Gasteiger partial charge >= 0.3 is 5.97 Å². The van der Waals surface area contributed by atoms with Crippen LogP contribution in [0.3, 0.4) is 0 Å². The summed E-state index contributed by atoms with van der Waals surface area (Å²) >= 11 is 0. The summed E-state index contributed by atoms with van der Waals surface area (Å²) in [5.41, 5.74) is 1.54. The fourth-order valence-electron chi connectivity index (χ4n) is 5.92. The van der Waals surface area contributed by atoms with Crippen LogP contribution < -0.4 is 4.74 Å². The van der Waals surface area contributed by atoms with Crippen molar-refractivity contribution in [2.75, 3.05) is 26.4 Å². The lowest BCUT2D eigenvalue weighted by Gasteiger charge is -2.51. The number of epoxide rings is 2. The van der Waals surface area contributed by atoms with E-state index in [9.17, 15) is 9.90 Å². The molecule has 178 valence electrons. The number of allylic oxidation sites excluding steroid dienone is 2. The van der Waals surface area contributed by atoms with Gasteiger partial charge in [-0.05, 0) is 62.0 Å². The highest BCUT2D eigenvalue weighted by molar-refractivity contribution is 5.82. The molecular weight excluding hydrogens is 420 g/mol. The van der Waals surface area contributed by atoms with Crippen molar-refractivity contribution in [2.45, 2.75) is 70.0 Å². The van der Waals surface area contributed by atoms with Gasteiger partial charge in [0.1, 0.15) is 36.9 Å². The van der Waals surface area contributed by atoms with Gasteiger partial charge in [0.05, 0.1) is 18.6 Å². The number of rotatable bonds is 9. The van der Waals surface area contributed by atoms with Crippen molar-refractivity contribution in [1.82, 2.24) is 0 Å². The number of benzene rings is 1. The van der Waals surface area contributed by atoms with Crippen LogP contribution in [0.4, 0.5) is 0 Å². The summed E-state index contributed by atoms with van der Waals surface area (Å²) in [6, 6.07) is 8.13. The Morgan fingerprint density at radius 3 is 2.15 bits per heavy atom. The van der Waals surface area contributed by atoms with Gasteiger partial charge in [0.15, 0.2) is 0 Å². The monoisotopic (exact) mass is 454 g/mol. The molecule has 0 amide bonds. The lowest BCUT2D eigenvalue weighted by Crippen LogP contribution is -2.52. The van der Waals surface area contributed by atoms with E-state index >= 15 is 0 Å². The molecular formula is C27H34O6. The van der Waals surface area contributed by atoms with Crippen molar-refractivity contribution < 1.29 is 28.8 Å². The average molecular weight is 455 g/mol. The maximum Gasteiger partial charge on any atom is 0.314 e. The van der Waals surface area contributed by atoms with E-state index < -0.39 is 16.8 Å². The Balaban J connectivity index is 1.48. The molecule has 3 unspecified atom stereocenters. The zero-order valence-corrected chi connectivity index (χ0v) is 19.6. The zero-order chi connectivity index (χ0) is 23.1. The van der Waals surface area contributed by atoms with Crippen molar-refractivity contribution in [3.8, 4) is 5.75 Å². The third kappa shape index (κ3) is 4.31. The lowest BCUT2D eigenvalue weighted by molar-refractivity contribution is -0.151. The predicted octanol–water partition coefficient (Wildman–Crippen LogP) is 4.78. The first-order chi connectivity index (χ1) is 15.9. The van der Waals surface area contributed by atoms with Crippen molar-refractivity contribution in [3.63, 3.8) is 0 Å². The minimum atomic E-state index is -1.01. The van der Waals surface area contributed by atoms with Crippen LogP contribution in [0.25, 0.3) is 0 Å². The molecule has 6 nitrogen and oxygen atoms in total. The SMILES string of the molecule is CC1=CC(C(=O)O)(C2(c3ccc(OCC4CO4)cc3)CCCCC2)CC(C)=C1OCC1CO1. The lowest BCUT2D eigenvalue weighted by atomic mass is 9.51. The van der Waals surface area contributed by atoms with E-state index in [1.54, 1.807) is 0 Å². The third-order valence-electron chi connectivity index (χ3n) is 7.76. The molecule has 2 aliphatic carbocycles. The van der Waals surface area contributed by atoms with Crippen molar-refractivity contribution >= 4 is 5.97 Å². The Kier molecular flexibility index (Phi) is 6.00. The molecule has 6 heteroatoms. The van der Waals surface area contributed by atoms with Gasteiger partial charge in [-0.1, -0.05) is 37.5 Å². The molecule has 0 bridgehead atoms. The summed E-state index contributed by atoms with van der Waals surface area (Å²) in [7, 11) is 0. The van der Waals surface area contributed by atoms with Crippen molar-refractivity contribution in [2.24, 2.45) is 5.41 Å². The molecule has 3 fully saturated rings. The van der Waals surface area contributed by atoms with E-state index in [4.69, 9.17) is 18.9 Å². The Morgan fingerprint density at radius 2 is 1.61 bits per heavy atom. The van der Waals surface area contributed by atoms with Gasteiger partial charge in [0, 0.05) is 5.41 Å². The smallest absolute Gasteiger partial charge is 0.314 e. The summed E-state index contributed by atoms with van der Waals surface area (Å²) in [6.45, 7) is 6.59. The molecule has 33 heavy (non-hydrogen) atoms. The molecule has 1 aromatic carbocycles. The number of carboxylic acids is 1. The third-order valence-corrected chi connectivity index (χ3v) is 7.76. The largest absolute Gasteiger partial charge is 0.491 e. The Morgan fingerprint density at radius 1 is 1.00 bits per heavy atom. The maximum atomic E-state index is 13.1. The molecule has 1 saturated carbocycles. The first kappa shape index (κ1) is 22.5. The van der Waals surface area contributed by atoms with Crippen LogP contribution in [0.15, 0.2) is 47.2 Å². The first-order valence-corrected chi connectivity index (χ1v) is 12.2. The van der Waals surface area contributed by atoms with Crippen molar-refractivity contribution in [1.29, 1.82) is 0 Å². The molecule has 0 aromatic heterocycles. The molecule has 2 heterocycles. The molecule has 4 aliphatic rings. The highest BCUT2D eigenvalue weighted by atomic mass is 16.6. The van der Waals surface area contributed by atoms with Crippen LogP contribution >= 0.6 is 0 Å². The quantitative estimate of drug-likeness (QED) is 0.541. The van der Waals surface area contributed by atoms with Gasteiger partial charge in [0.2, 0.25) is 0 Å². The molecule has 0 spiro atoms. The minimum Gasteiger partial charge on any atom is -0.491 e. The number of hydrogen-bond acceptors (Lipinski definition) is 5. The number of ether oxygens (including phenoxy) is 4. The summed E-state index contributed by atoms with van der Waals surface area (Å²) < 4.78 is 22.4. The van der Waals surface area contributed by atoms with Crippen LogP contribution in [0.2, 0.25) is 0 Å². The molecule has 2 saturated heterocycles. The predicted molar refractivity (Wildman–Crippen MR) is 123 cm³/mol. The minimum absolute atomic E-state index is 0.168. The summed E-state index contributed by atoms with van der Waals surface area (Å²) in [5.74, 6) is 0.882. The fourth-order valence-corrected chi connectivity index (χ4v) is 5.92. The normalized spacial score (nSPS) is 30.4. The van der Waals surface area contributed by atoms with Crippen LogP contribution in [0.1, 0.15) is 57.9 Å². The Bertz CT molecular complexity index is 947. The van der Waals surface area contributed by atoms with Crippen LogP contribution in [-0.4, -0.2) is 49.7 Å². The Labute approximate surface area is 195 Å². The van der Waals surface area contributed by atoms with Crippen LogP contribution in [0.5, 0.6) is 5.75 Å². The van der Waals surface area contributed by atoms with E-state index in [-0.39, 0.29) is 12.2 Å². The van der Waals surface area contributed by atoms with E-state index in [0.29, 0.717) is 19.6 Å². The Hall–Kier alpha value is -2.31. The van der Waals surface area contributed by atoms with E-state index in [1.165, 1.54) is 0 Å². The summed E-state index contributed by atoms with van der Waals surface area (Å²) in [6.07, 6.45) is 7.75. The second kappa shape index (κ2) is 8.80. The second-order valence-electron chi connectivity index (χ2n) is 10.1. The average Bonchev–Trinajstić information content (AvgIpc) is 3.73. The standard InChI is InChI=1S/C27H34O6/c1-18-12-27(25(28)29,13-19(2)24(18)33-17-23-16-32-23)26(10-4-3-5-11-26)20-6-8-21(9-7-20)30-14-22-15-31-22/h6-9,12,22-23H,3-5,10-11,13-17H2,1-2H3,(H,28,29). The fraction of sp³-hybridized carbons (Fsp3) is 0.593. The molecule has 1 aromatic rings. The highest BCUT2D eigenvalue weighted by Gasteiger charge is 2.57. The number of aliphatic carboxylic acids is 1. The topological polar surface area (TPSA) is 80.8 Å². The van der Waals surface area contributed by atoms with Gasteiger partial charge < -0.3 is 24.1 Å². The number of carbonyl (C=O) groups is 1. The number of hydrogen-bond donors (Lipinski definition) is 1. The van der Waals surface area contributed by atoms with Gasteiger partial charge in [-0.15, -0.1) is 0 Å².